The van der Waals surface area contributed by atoms with E-state index in [-0.39, 0.29) is 12.5 Å². The number of hydrogen-bond acceptors (Lipinski definition) is 7. The molecular formula is C19H17N5O3S. The van der Waals surface area contributed by atoms with Gasteiger partial charge in [0.25, 0.3) is 12.5 Å². The second-order valence-electron chi connectivity index (χ2n) is 6.53. The largest absolute Gasteiger partial charge is 0.539 e. The minimum Gasteiger partial charge on any atom is -0.539 e. The summed E-state index contributed by atoms with van der Waals surface area (Å²) in [5.41, 5.74) is 2.80. The highest BCUT2D eigenvalue weighted by molar-refractivity contribution is 7.16. The van der Waals surface area contributed by atoms with Crippen molar-refractivity contribution in [2.24, 2.45) is 0 Å². The first-order chi connectivity index (χ1) is 13.6. The maximum absolute atomic E-state index is 12.2. The first kappa shape index (κ1) is 18.2. The van der Waals surface area contributed by atoms with E-state index in [9.17, 15) is 15.2 Å². The highest BCUT2D eigenvalue weighted by Crippen LogP contribution is 2.36. The van der Waals surface area contributed by atoms with E-state index >= 15 is 0 Å². The summed E-state index contributed by atoms with van der Waals surface area (Å²) in [6.07, 6.45) is 1.88. The Hall–Kier alpha value is -3.22. The molecule has 4 rings (SSSR count). The molecule has 0 atom stereocenters. The van der Waals surface area contributed by atoms with Gasteiger partial charge in [0.2, 0.25) is 6.20 Å². The smallest absolute Gasteiger partial charge is 0.293 e. The van der Waals surface area contributed by atoms with Crippen LogP contribution in [-0.4, -0.2) is 22.6 Å². The van der Waals surface area contributed by atoms with E-state index in [2.05, 4.69) is 38.2 Å². The average Bonchev–Trinajstić information content (AvgIpc) is 3.24. The summed E-state index contributed by atoms with van der Waals surface area (Å²) >= 11 is 1.43. The molecule has 9 heteroatoms. The Labute approximate surface area is 165 Å². The lowest BCUT2D eigenvalue weighted by molar-refractivity contribution is -0.750. The molecule has 3 aromatic rings. The Morgan fingerprint density at radius 1 is 1.43 bits per heavy atom. The van der Waals surface area contributed by atoms with Gasteiger partial charge in [-0.15, -0.1) is 11.3 Å². The van der Waals surface area contributed by atoms with Crippen molar-refractivity contribution in [1.29, 1.82) is 5.26 Å². The van der Waals surface area contributed by atoms with E-state index in [0.29, 0.717) is 10.6 Å². The SMILES string of the molecule is N#Cc1c(NC(=O)C[n+]2cc([O-])on2)sc2c1CCN(Cc1ccccc1)C2. The van der Waals surface area contributed by atoms with Gasteiger partial charge in [0, 0.05) is 24.5 Å². The summed E-state index contributed by atoms with van der Waals surface area (Å²) in [5, 5.41) is 27.4. The van der Waals surface area contributed by atoms with Crippen LogP contribution in [0.15, 0.2) is 41.1 Å². The molecule has 0 radical (unpaired) electrons. The number of hydrogen-bond donors (Lipinski definition) is 1. The van der Waals surface area contributed by atoms with Crippen molar-refractivity contribution >= 4 is 22.2 Å². The Bertz CT molecular complexity index is 1040. The van der Waals surface area contributed by atoms with E-state index in [1.807, 2.05) is 18.2 Å². The monoisotopic (exact) mass is 395 g/mol. The second kappa shape index (κ2) is 7.80. The van der Waals surface area contributed by atoms with Crippen LogP contribution in [0.3, 0.4) is 0 Å². The van der Waals surface area contributed by atoms with Crippen LogP contribution in [0.1, 0.15) is 21.6 Å². The maximum Gasteiger partial charge on any atom is 0.293 e. The van der Waals surface area contributed by atoms with Crippen molar-refractivity contribution in [3.63, 3.8) is 0 Å². The molecule has 1 amide bonds. The Morgan fingerprint density at radius 3 is 2.96 bits per heavy atom. The first-order valence-electron chi connectivity index (χ1n) is 8.76. The third-order valence-corrected chi connectivity index (χ3v) is 5.68. The number of anilines is 1. The van der Waals surface area contributed by atoms with Crippen molar-refractivity contribution < 1.29 is 19.1 Å². The molecule has 1 aliphatic rings. The molecule has 0 saturated carbocycles. The van der Waals surface area contributed by atoms with Gasteiger partial charge in [-0.25, -0.2) is 0 Å². The van der Waals surface area contributed by atoms with E-state index in [4.69, 9.17) is 0 Å². The number of benzene rings is 1. The van der Waals surface area contributed by atoms with E-state index in [0.717, 1.165) is 47.4 Å². The lowest BCUT2D eigenvalue weighted by Gasteiger charge is -2.26. The minimum absolute atomic E-state index is 0.153. The summed E-state index contributed by atoms with van der Waals surface area (Å²) < 4.78 is 5.53. The lowest BCUT2D eigenvalue weighted by atomic mass is 10.0. The van der Waals surface area contributed by atoms with Crippen LogP contribution in [0, 0.1) is 11.3 Å². The molecule has 0 saturated heterocycles. The van der Waals surface area contributed by atoms with Crippen LogP contribution in [0.5, 0.6) is 5.95 Å². The number of carbonyl (C=O) groups is 1. The molecule has 1 aliphatic heterocycles. The molecule has 142 valence electrons. The zero-order valence-electron chi connectivity index (χ0n) is 14.9. The topological polar surface area (TPSA) is 109 Å². The average molecular weight is 395 g/mol. The van der Waals surface area contributed by atoms with Crippen molar-refractivity contribution in [1.82, 2.24) is 10.2 Å². The van der Waals surface area contributed by atoms with Gasteiger partial charge in [0.15, 0.2) is 0 Å². The van der Waals surface area contributed by atoms with Gasteiger partial charge in [-0.3, -0.25) is 9.69 Å². The predicted octanol–water partition coefficient (Wildman–Crippen LogP) is 1.17. The molecular weight excluding hydrogens is 378 g/mol. The Kier molecular flexibility index (Phi) is 5.06. The molecule has 8 nitrogen and oxygen atoms in total. The van der Waals surface area contributed by atoms with Crippen molar-refractivity contribution in [2.45, 2.75) is 26.1 Å². The fourth-order valence-corrected chi connectivity index (χ4v) is 4.55. The molecule has 1 N–H and O–H groups in total. The normalized spacial score (nSPS) is 13.7. The standard InChI is InChI=1S/C19H17N5O3S/c20-8-15-14-6-7-23(9-13-4-2-1-3-5-13)10-16(14)28-19(15)21-17(25)11-24-12-18(26)27-22-24/h1-5,12H,6-7,9-11H2,(H-,21,22,25,26). The fraction of sp³-hybridized carbons (Fsp3) is 0.263. The minimum atomic E-state index is -0.615. The number of fused-ring (bicyclic) bond motifs is 1. The molecule has 0 spiro atoms. The Balaban J connectivity index is 1.47. The molecule has 0 aliphatic carbocycles. The van der Waals surface area contributed by atoms with Gasteiger partial charge >= 0.3 is 0 Å². The highest BCUT2D eigenvalue weighted by Gasteiger charge is 2.26. The van der Waals surface area contributed by atoms with Crippen molar-refractivity contribution in [3.05, 3.63) is 58.1 Å². The molecule has 2 aromatic heterocycles. The molecule has 3 heterocycles. The number of carbonyl (C=O) groups excluding carboxylic acids is 1. The van der Waals surface area contributed by atoms with Crippen LogP contribution in [0.25, 0.3) is 0 Å². The van der Waals surface area contributed by atoms with E-state index in [1.54, 1.807) is 0 Å². The van der Waals surface area contributed by atoms with Gasteiger partial charge in [-0.2, -0.15) is 5.26 Å². The summed E-state index contributed by atoms with van der Waals surface area (Å²) in [6.45, 7) is 2.31. The summed E-state index contributed by atoms with van der Waals surface area (Å²) in [4.78, 5) is 15.7. The van der Waals surface area contributed by atoms with Crippen LogP contribution in [-0.2, 0) is 30.8 Å². The Morgan fingerprint density at radius 2 is 2.25 bits per heavy atom. The number of nitriles is 1. The van der Waals surface area contributed by atoms with E-state index < -0.39 is 5.95 Å². The van der Waals surface area contributed by atoms with Gasteiger partial charge in [-0.05, 0) is 17.5 Å². The molecule has 28 heavy (non-hydrogen) atoms. The maximum atomic E-state index is 12.2. The van der Waals surface area contributed by atoms with Crippen LogP contribution in [0.2, 0.25) is 0 Å². The number of rotatable bonds is 5. The van der Waals surface area contributed by atoms with Crippen molar-refractivity contribution in [2.75, 3.05) is 11.9 Å². The van der Waals surface area contributed by atoms with Crippen LogP contribution >= 0.6 is 11.3 Å². The van der Waals surface area contributed by atoms with Gasteiger partial charge in [-0.1, -0.05) is 35.0 Å². The zero-order chi connectivity index (χ0) is 19.5. The molecule has 0 fully saturated rings. The molecule has 0 bridgehead atoms. The lowest BCUT2D eigenvalue weighted by Crippen LogP contribution is -2.41. The van der Waals surface area contributed by atoms with Gasteiger partial charge < -0.3 is 14.9 Å². The second-order valence-corrected chi connectivity index (χ2v) is 7.64. The fourth-order valence-electron chi connectivity index (χ4n) is 3.29. The van der Waals surface area contributed by atoms with Crippen LogP contribution in [0.4, 0.5) is 5.00 Å². The first-order valence-corrected chi connectivity index (χ1v) is 9.58. The summed E-state index contributed by atoms with van der Waals surface area (Å²) in [5.74, 6) is -0.981. The summed E-state index contributed by atoms with van der Waals surface area (Å²) in [7, 11) is 0. The number of nitrogens with zero attached hydrogens (tertiary/aromatic N) is 4. The van der Waals surface area contributed by atoms with E-state index in [1.165, 1.54) is 16.9 Å². The van der Waals surface area contributed by atoms with Crippen molar-refractivity contribution in [3.8, 4) is 12.0 Å². The number of aromatic nitrogens is 2. The van der Waals surface area contributed by atoms with Crippen LogP contribution < -0.4 is 15.1 Å². The highest BCUT2D eigenvalue weighted by atomic mass is 32.1. The number of nitrogens with one attached hydrogen (secondary N) is 1. The number of amides is 1. The summed E-state index contributed by atoms with van der Waals surface area (Å²) in [6, 6.07) is 12.5. The number of thiophene rings is 1. The van der Waals surface area contributed by atoms with Gasteiger partial charge in [0.05, 0.1) is 10.8 Å². The zero-order valence-corrected chi connectivity index (χ0v) is 15.7. The molecule has 0 unspecified atom stereocenters. The quantitative estimate of drug-likeness (QED) is 0.650. The third-order valence-electron chi connectivity index (χ3n) is 4.55. The third kappa shape index (κ3) is 3.88. The molecule has 1 aromatic carbocycles. The predicted molar refractivity (Wildman–Crippen MR) is 98.1 cm³/mol. The van der Waals surface area contributed by atoms with Gasteiger partial charge in [0.1, 0.15) is 17.0 Å².